The molecule has 0 aromatic rings. The van der Waals surface area contributed by atoms with Gasteiger partial charge in [0.05, 0.1) is 12.7 Å². The second-order valence-electron chi connectivity index (χ2n) is 5.07. The number of hydrogen-bond donors (Lipinski definition) is 1. The van der Waals surface area contributed by atoms with Crippen LogP contribution in [0.15, 0.2) is 0 Å². The van der Waals surface area contributed by atoms with Crippen LogP contribution in [-0.2, 0) is 4.74 Å². The van der Waals surface area contributed by atoms with E-state index in [1.165, 1.54) is 25.7 Å². The molecule has 3 nitrogen and oxygen atoms in total. The highest BCUT2D eigenvalue weighted by molar-refractivity contribution is 4.80. The minimum atomic E-state index is -0.127. The molecule has 0 amide bonds. The van der Waals surface area contributed by atoms with Crippen LogP contribution in [0.4, 0.5) is 0 Å². The van der Waals surface area contributed by atoms with Crippen molar-refractivity contribution in [2.45, 2.75) is 44.2 Å². The highest BCUT2D eigenvalue weighted by atomic mass is 16.5. The molecule has 2 fully saturated rings. The third-order valence-electron chi connectivity index (χ3n) is 3.95. The van der Waals surface area contributed by atoms with Gasteiger partial charge in [-0.05, 0) is 32.2 Å². The molecule has 0 bridgehead atoms. The fourth-order valence-corrected chi connectivity index (χ4v) is 2.81. The Bertz CT molecular complexity index is 166. The summed E-state index contributed by atoms with van der Waals surface area (Å²) in [7, 11) is 2.11. The van der Waals surface area contributed by atoms with E-state index in [-0.39, 0.29) is 6.10 Å². The maximum absolute atomic E-state index is 10.1. The zero-order valence-corrected chi connectivity index (χ0v) is 9.69. The molecule has 1 aliphatic carbocycles. The Labute approximate surface area is 92.4 Å². The molecule has 1 aliphatic heterocycles. The molecule has 1 N–H and O–H groups in total. The van der Waals surface area contributed by atoms with E-state index in [9.17, 15) is 5.11 Å². The molecule has 0 aromatic heterocycles. The van der Waals surface area contributed by atoms with Gasteiger partial charge in [0.2, 0.25) is 0 Å². The molecule has 88 valence electrons. The van der Waals surface area contributed by atoms with Crippen molar-refractivity contribution in [1.29, 1.82) is 0 Å². The number of hydrogen-bond acceptors (Lipinski definition) is 3. The SMILES string of the molecule is CN(CC(O)C1CCCC1)C1CCOC1. The molecule has 2 aliphatic rings. The van der Waals surface area contributed by atoms with E-state index in [4.69, 9.17) is 4.74 Å². The van der Waals surface area contributed by atoms with E-state index in [1.54, 1.807) is 0 Å². The minimum Gasteiger partial charge on any atom is -0.392 e. The molecule has 2 rings (SSSR count). The van der Waals surface area contributed by atoms with Crippen LogP contribution in [0.5, 0.6) is 0 Å². The zero-order chi connectivity index (χ0) is 10.7. The van der Waals surface area contributed by atoms with Crippen LogP contribution in [0.1, 0.15) is 32.1 Å². The predicted molar refractivity (Wildman–Crippen MR) is 59.8 cm³/mol. The number of rotatable bonds is 4. The third-order valence-corrected chi connectivity index (χ3v) is 3.95. The van der Waals surface area contributed by atoms with Crippen LogP contribution >= 0.6 is 0 Å². The molecule has 0 spiro atoms. The fourth-order valence-electron chi connectivity index (χ4n) is 2.81. The summed E-state index contributed by atoms with van der Waals surface area (Å²) in [4.78, 5) is 2.27. The molecule has 1 saturated carbocycles. The molecule has 0 radical (unpaired) electrons. The Hall–Kier alpha value is -0.120. The van der Waals surface area contributed by atoms with Crippen LogP contribution in [0, 0.1) is 5.92 Å². The molecule has 2 unspecified atom stereocenters. The average molecular weight is 213 g/mol. The average Bonchev–Trinajstić information content (AvgIpc) is 2.91. The van der Waals surface area contributed by atoms with E-state index in [0.29, 0.717) is 12.0 Å². The van der Waals surface area contributed by atoms with Crippen molar-refractivity contribution in [3.8, 4) is 0 Å². The maximum atomic E-state index is 10.1. The van der Waals surface area contributed by atoms with Crippen molar-refractivity contribution in [3.63, 3.8) is 0 Å². The second-order valence-corrected chi connectivity index (χ2v) is 5.07. The Morgan fingerprint density at radius 1 is 1.33 bits per heavy atom. The quantitative estimate of drug-likeness (QED) is 0.763. The van der Waals surface area contributed by atoms with Gasteiger partial charge in [0.15, 0.2) is 0 Å². The maximum Gasteiger partial charge on any atom is 0.0695 e. The zero-order valence-electron chi connectivity index (χ0n) is 9.69. The van der Waals surface area contributed by atoms with E-state index in [1.807, 2.05) is 0 Å². The van der Waals surface area contributed by atoms with Crippen molar-refractivity contribution in [3.05, 3.63) is 0 Å². The predicted octanol–water partition coefficient (Wildman–Crippen LogP) is 1.26. The minimum absolute atomic E-state index is 0.127. The van der Waals surface area contributed by atoms with Crippen LogP contribution in [0.3, 0.4) is 0 Å². The summed E-state index contributed by atoms with van der Waals surface area (Å²) in [5, 5.41) is 10.1. The standard InChI is InChI=1S/C12H23NO2/c1-13(11-6-7-15-9-11)8-12(14)10-4-2-3-5-10/h10-12,14H,2-9H2,1H3. The Kier molecular flexibility index (Phi) is 4.00. The van der Waals surface area contributed by atoms with Crippen molar-refractivity contribution in [2.24, 2.45) is 5.92 Å². The van der Waals surface area contributed by atoms with Gasteiger partial charge in [-0.25, -0.2) is 0 Å². The highest BCUT2D eigenvalue weighted by Crippen LogP contribution is 2.28. The summed E-state index contributed by atoms with van der Waals surface area (Å²) in [6, 6.07) is 0.529. The van der Waals surface area contributed by atoms with Gasteiger partial charge >= 0.3 is 0 Å². The summed E-state index contributed by atoms with van der Waals surface area (Å²) >= 11 is 0. The van der Waals surface area contributed by atoms with Crippen LogP contribution in [-0.4, -0.2) is 49.0 Å². The lowest BCUT2D eigenvalue weighted by Crippen LogP contribution is -2.40. The summed E-state index contributed by atoms with van der Waals surface area (Å²) in [6.45, 7) is 2.54. The van der Waals surface area contributed by atoms with Gasteiger partial charge in [0, 0.05) is 19.2 Å². The smallest absolute Gasteiger partial charge is 0.0695 e. The van der Waals surface area contributed by atoms with Gasteiger partial charge in [-0.2, -0.15) is 0 Å². The molecule has 3 heteroatoms. The molecule has 0 aromatic carbocycles. The normalized spacial score (nSPS) is 30.2. The van der Waals surface area contributed by atoms with Crippen LogP contribution in [0.25, 0.3) is 0 Å². The molecule has 2 atom stereocenters. The van der Waals surface area contributed by atoms with Gasteiger partial charge in [-0.1, -0.05) is 12.8 Å². The summed E-state index contributed by atoms with van der Waals surface area (Å²) in [5.41, 5.74) is 0. The Morgan fingerprint density at radius 3 is 2.67 bits per heavy atom. The van der Waals surface area contributed by atoms with E-state index in [2.05, 4.69) is 11.9 Å². The number of likely N-dealkylation sites (N-methyl/N-ethyl adjacent to an activating group) is 1. The van der Waals surface area contributed by atoms with Gasteiger partial charge in [0.25, 0.3) is 0 Å². The Balaban J connectivity index is 1.74. The first-order valence-electron chi connectivity index (χ1n) is 6.23. The molecule has 1 heterocycles. The van der Waals surface area contributed by atoms with E-state index in [0.717, 1.165) is 26.2 Å². The molecular formula is C12H23NO2. The number of ether oxygens (including phenoxy) is 1. The van der Waals surface area contributed by atoms with Crippen molar-refractivity contribution in [2.75, 3.05) is 26.8 Å². The monoisotopic (exact) mass is 213 g/mol. The van der Waals surface area contributed by atoms with Crippen molar-refractivity contribution < 1.29 is 9.84 Å². The van der Waals surface area contributed by atoms with E-state index < -0.39 is 0 Å². The van der Waals surface area contributed by atoms with Crippen molar-refractivity contribution >= 4 is 0 Å². The number of aliphatic hydroxyl groups excluding tert-OH is 1. The highest BCUT2D eigenvalue weighted by Gasteiger charge is 2.27. The van der Waals surface area contributed by atoms with Gasteiger partial charge < -0.3 is 9.84 Å². The van der Waals surface area contributed by atoms with Crippen molar-refractivity contribution in [1.82, 2.24) is 4.90 Å². The molecule has 15 heavy (non-hydrogen) atoms. The van der Waals surface area contributed by atoms with Crippen LogP contribution < -0.4 is 0 Å². The molecule has 1 saturated heterocycles. The summed E-state index contributed by atoms with van der Waals surface area (Å²) in [5.74, 6) is 0.551. The molecular weight excluding hydrogens is 190 g/mol. The summed E-state index contributed by atoms with van der Waals surface area (Å²) < 4.78 is 5.36. The van der Waals surface area contributed by atoms with Crippen LogP contribution in [0.2, 0.25) is 0 Å². The lowest BCUT2D eigenvalue weighted by atomic mass is 10.00. The van der Waals surface area contributed by atoms with E-state index >= 15 is 0 Å². The summed E-state index contributed by atoms with van der Waals surface area (Å²) in [6.07, 6.45) is 6.04. The lowest BCUT2D eigenvalue weighted by Gasteiger charge is -2.28. The number of nitrogens with zero attached hydrogens (tertiary/aromatic N) is 1. The number of aliphatic hydroxyl groups is 1. The van der Waals surface area contributed by atoms with Gasteiger partial charge in [-0.3, -0.25) is 4.90 Å². The lowest BCUT2D eigenvalue weighted by molar-refractivity contribution is 0.0566. The largest absolute Gasteiger partial charge is 0.392 e. The second kappa shape index (κ2) is 5.28. The van der Waals surface area contributed by atoms with Gasteiger partial charge in [-0.15, -0.1) is 0 Å². The first-order chi connectivity index (χ1) is 7.27. The van der Waals surface area contributed by atoms with Gasteiger partial charge in [0.1, 0.15) is 0 Å². The first-order valence-corrected chi connectivity index (χ1v) is 6.23. The topological polar surface area (TPSA) is 32.7 Å². The first kappa shape index (κ1) is 11.4. The third kappa shape index (κ3) is 2.92. The fraction of sp³-hybridized carbons (Fsp3) is 1.00. The Morgan fingerprint density at radius 2 is 2.07 bits per heavy atom.